The summed E-state index contributed by atoms with van der Waals surface area (Å²) in [6.07, 6.45) is 0.134. The number of carboxylic acid groups (broad SMARTS) is 1. The molecule has 22 heavy (non-hydrogen) atoms. The van der Waals surface area contributed by atoms with Gasteiger partial charge in [-0.05, 0) is 36.5 Å². The van der Waals surface area contributed by atoms with Crippen LogP contribution in [0.25, 0.3) is 0 Å². The van der Waals surface area contributed by atoms with Crippen LogP contribution in [0.4, 0.5) is 4.79 Å². The zero-order valence-corrected chi connectivity index (χ0v) is 12.9. The Balaban J connectivity index is 1.69. The van der Waals surface area contributed by atoms with Crippen molar-refractivity contribution in [2.75, 3.05) is 26.7 Å². The minimum Gasteiger partial charge on any atom is -0.497 e. The van der Waals surface area contributed by atoms with Crippen LogP contribution in [0.2, 0.25) is 0 Å². The summed E-state index contributed by atoms with van der Waals surface area (Å²) in [6.45, 7) is 2.23. The van der Waals surface area contributed by atoms with Crippen LogP contribution in [0.3, 0.4) is 0 Å². The average Bonchev–Trinajstić information content (AvgIpc) is 2.55. The lowest BCUT2D eigenvalue weighted by atomic mass is 9.91. The molecule has 1 amide bonds. The lowest BCUT2D eigenvalue weighted by Gasteiger charge is -2.32. The third-order valence-corrected chi connectivity index (χ3v) is 4.20. The number of aliphatic hydroxyl groups excluding tert-OH is 1. The van der Waals surface area contributed by atoms with Crippen molar-refractivity contribution >= 4 is 6.09 Å². The highest BCUT2D eigenvalue weighted by Gasteiger charge is 2.26. The fourth-order valence-corrected chi connectivity index (χ4v) is 2.75. The number of rotatable bonds is 6. The molecule has 1 aromatic rings. The third-order valence-electron chi connectivity index (χ3n) is 4.20. The van der Waals surface area contributed by atoms with Gasteiger partial charge in [0.2, 0.25) is 0 Å². The minimum absolute atomic E-state index is 0.166. The molecule has 2 rings (SSSR count). The Morgan fingerprint density at radius 3 is 2.55 bits per heavy atom. The topological polar surface area (TPSA) is 82.0 Å². The standard InChI is InChI=1S/C16H24N2O4/c1-22-14-4-2-12(3-5-14)10-17-11-15(19)13-6-8-18(9-7-13)16(20)21/h2-5,13,15,17,19H,6-11H2,1H3,(H,20,21). The molecule has 6 heteroatoms. The summed E-state index contributed by atoms with van der Waals surface area (Å²) in [5.41, 5.74) is 1.13. The van der Waals surface area contributed by atoms with Crippen molar-refractivity contribution in [3.05, 3.63) is 29.8 Å². The summed E-state index contributed by atoms with van der Waals surface area (Å²) < 4.78 is 5.11. The second kappa shape index (κ2) is 8.00. The van der Waals surface area contributed by atoms with E-state index in [2.05, 4.69) is 5.32 Å². The highest BCUT2D eigenvalue weighted by molar-refractivity contribution is 5.64. The fourth-order valence-electron chi connectivity index (χ4n) is 2.75. The van der Waals surface area contributed by atoms with Crippen molar-refractivity contribution in [2.45, 2.75) is 25.5 Å². The predicted molar refractivity (Wildman–Crippen MR) is 83.0 cm³/mol. The number of carbonyl (C=O) groups is 1. The molecular formula is C16H24N2O4. The lowest BCUT2D eigenvalue weighted by molar-refractivity contribution is 0.0577. The van der Waals surface area contributed by atoms with Gasteiger partial charge in [-0.1, -0.05) is 12.1 Å². The number of hydrogen-bond donors (Lipinski definition) is 3. The van der Waals surface area contributed by atoms with Gasteiger partial charge in [-0.15, -0.1) is 0 Å². The van der Waals surface area contributed by atoms with Crippen LogP contribution in [0, 0.1) is 5.92 Å². The van der Waals surface area contributed by atoms with E-state index < -0.39 is 12.2 Å². The molecule has 3 N–H and O–H groups in total. The second-order valence-corrected chi connectivity index (χ2v) is 5.65. The predicted octanol–water partition coefficient (Wildman–Crippen LogP) is 1.54. The molecule has 1 aliphatic heterocycles. The van der Waals surface area contributed by atoms with E-state index in [1.807, 2.05) is 24.3 Å². The molecule has 1 heterocycles. The number of likely N-dealkylation sites (tertiary alicyclic amines) is 1. The molecule has 0 saturated carbocycles. The van der Waals surface area contributed by atoms with E-state index in [0.29, 0.717) is 26.2 Å². The molecular weight excluding hydrogens is 284 g/mol. The highest BCUT2D eigenvalue weighted by Crippen LogP contribution is 2.20. The van der Waals surface area contributed by atoms with E-state index in [0.717, 1.165) is 24.2 Å². The van der Waals surface area contributed by atoms with Crippen LogP contribution >= 0.6 is 0 Å². The lowest BCUT2D eigenvalue weighted by Crippen LogP contribution is -2.42. The van der Waals surface area contributed by atoms with Gasteiger partial charge in [-0.2, -0.15) is 0 Å². The Bertz CT molecular complexity index is 470. The normalized spacial score (nSPS) is 17.3. The van der Waals surface area contributed by atoms with Gasteiger partial charge in [0.05, 0.1) is 13.2 Å². The Labute approximate surface area is 130 Å². The number of methoxy groups -OCH3 is 1. The Hall–Kier alpha value is -1.79. The SMILES string of the molecule is COc1ccc(CNCC(O)C2CCN(C(=O)O)CC2)cc1. The molecule has 1 aromatic carbocycles. The molecule has 1 atom stereocenters. The number of ether oxygens (including phenoxy) is 1. The van der Waals surface area contributed by atoms with Gasteiger partial charge in [0.15, 0.2) is 0 Å². The van der Waals surface area contributed by atoms with E-state index in [-0.39, 0.29) is 5.92 Å². The van der Waals surface area contributed by atoms with Gasteiger partial charge < -0.3 is 25.2 Å². The van der Waals surface area contributed by atoms with Crippen LogP contribution in [0.1, 0.15) is 18.4 Å². The zero-order valence-electron chi connectivity index (χ0n) is 12.9. The summed E-state index contributed by atoms with van der Waals surface area (Å²) >= 11 is 0. The van der Waals surface area contributed by atoms with E-state index in [1.54, 1.807) is 7.11 Å². The van der Waals surface area contributed by atoms with Crippen LogP contribution in [-0.2, 0) is 6.54 Å². The van der Waals surface area contributed by atoms with Gasteiger partial charge >= 0.3 is 6.09 Å². The van der Waals surface area contributed by atoms with E-state index in [9.17, 15) is 9.90 Å². The van der Waals surface area contributed by atoms with Gasteiger partial charge in [0.25, 0.3) is 0 Å². The molecule has 0 aliphatic carbocycles. The van der Waals surface area contributed by atoms with Crippen molar-refractivity contribution in [2.24, 2.45) is 5.92 Å². The van der Waals surface area contributed by atoms with Crippen molar-refractivity contribution < 1.29 is 19.7 Å². The van der Waals surface area contributed by atoms with Crippen LogP contribution in [0.15, 0.2) is 24.3 Å². The van der Waals surface area contributed by atoms with Crippen LogP contribution in [0.5, 0.6) is 5.75 Å². The molecule has 1 saturated heterocycles. The maximum atomic E-state index is 10.8. The first-order valence-electron chi connectivity index (χ1n) is 7.59. The maximum absolute atomic E-state index is 10.8. The van der Waals surface area contributed by atoms with Crippen molar-refractivity contribution in [3.8, 4) is 5.75 Å². The van der Waals surface area contributed by atoms with Gasteiger partial charge in [0, 0.05) is 26.2 Å². The number of amides is 1. The third kappa shape index (κ3) is 4.61. The number of benzene rings is 1. The Kier molecular flexibility index (Phi) is 6.03. The Morgan fingerprint density at radius 2 is 2.00 bits per heavy atom. The second-order valence-electron chi connectivity index (χ2n) is 5.65. The molecule has 1 unspecified atom stereocenters. The number of nitrogens with zero attached hydrogens (tertiary/aromatic N) is 1. The number of piperidine rings is 1. The number of nitrogens with one attached hydrogen (secondary N) is 1. The molecule has 0 bridgehead atoms. The summed E-state index contributed by atoms with van der Waals surface area (Å²) in [5, 5.41) is 22.4. The first kappa shape index (κ1) is 16.6. The monoisotopic (exact) mass is 308 g/mol. The molecule has 1 fully saturated rings. The molecule has 1 aliphatic rings. The molecule has 0 radical (unpaired) electrons. The summed E-state index contributed by atoms with van der Waals surface area (Å²) in [4.78, 5) is 12.3. The van der Waals surface area contributed by atoms with Crippen LogP contribution in [-0.4, -0.2) is 54.1 Å². The van der Waals surface area contributed by atoms with Crippen LogP contribution < -0.4 is 10.1 Å². The molecule has 0 aromatic heterocycles. The number of aliphatic hydroxyl groups is 1. The largest absolute Gasteiger partial charge is 0.497 e. The minimum atomic E-state index is -0.870. The molecule has 122 valence electrons. The maximum Gasteiger partial charge on any atom is 0.407 e. The smallest absolute Gasteiger partial charge is 0.407 e. The van der Waals surface area contributed by atoms with Gasteiger partial charge in [0.1, 0.15) is 5.75 Å². The molecule has 0 spiro atoms. The first-order valence-corrected chi connectivity index (χ1v) is 7.59. The van der Waals surface area contributed by atoms with E-state index in [4.69, 9.17) is 9.84 Å². The Morgan fingerprint density at radius 1 is 1.36 bits per heavy atom. The van der Waals surface area contributed by atoms with Crippen molar-refractivity contribution in [1.82, 2.24) is 10.2 Å². The highest BCUT2D eigenvalue weighted by atomic mass is 16.5. The summed E-state index contributed by atoms with van der Waals surface area (Å²) in [6, 6.07) is 7.80. The summed E-state index contributed by atoms with van der Waals surface area (Å²) in [5.74, 6) is 0.993. The van der Waals surface area contributed by atoms with Crippen molar-refractivity contribution in [1.29, 1.82) is 0 Å². The number of hydrogen-bond acceptors (Lipinski definition) is 4. The summed E-state index contributed by atoms with van der Waals surface area (Å²) in [7, 11) is 1.64. The molecule has 6 nitrogen and oxygen atoms in total. The van der Waals surface area contributed by atoms with E-state index in [1.165, 1.54) is 4.90 Å². The van der Waals surface area contributed by atoms with Crippen molar-refractivity contribution in [3.63, 3.8) is 0 Å². The van der Waals surface area contributed by atoms with E-state index >= 15 is 0 Å². The average molecular weight is 308 g/mol. The first-order chi connectivity index (χ1) is 10.6. The quantitative estimate of drug-likeness (QED) is 0.742. The van der Waals surface area contributed by atoms with Gasteiger partial charge in [-0.25, -0.2) is 4.79 Å². The zero-order chi connectivity index (χ0) is 15.9. The fraction of sp³-hybridized carbons (Fsp3) is 0.562. The van der Waals surface area contributed by atoms with Gasteiger partial charge in [-0.3, -0.25) is 0 Å².